The van der Waals surface area contributed by atoms with E-state index in [0.29, 0.717) is 47.7 Å². The van der Waals surface area contributed by atoms with Crippen molar-refractivity contribution in [3.63, 3.8) is 0 Å². The number of nitrogens with one attached hydrogen (secondary N) is 1. The number of anilines is 1. The smallest absolute Gasteiger partial charge is 0.243 e. The van der Waals surface area contributed by atoms with E-state index in [1.54, 1.807) is 29.0 Å². The van der Waals surface area contributed by atoms with E-state index in [-0.39, 0.29) is 11.6 Å². The molecule has 0 bridgehead atoms. The van der Waals surface area contributed by atoms with E-state index in [1.165, 1.54) is 12.1 Å². The van der Waals surface area contributed by atoms with Gasteiger partial charge in [0.25, 0.3) is 0 Å². The number of benzene rings is 2. The molecule has 0 spiro atoms. The highest BCUT2D eigenvalue weighted by molar-refractivity contribution is 6.31. The van der Waals surface area contributed by atoms with Crippen molar-refractivity contribution in [3.8, 4) is 11.5 Å². The summed E-state index contributed by atoms with van der Waals surface area (Å²) in [6.45, 7) is 6.99. The first-order chi connectivity index (χ1) is 14.5. The Bertz CT molecular complexity index is 1030. The average Bonchev–Trinajstić information content (AvgIpc) is 3.15. The topological polar surface area (TPSA) is 74.1 Å². The van der Waals surface area contributed by atoms with Crippen molar-refractivity contribution in [1.29, 1.82) is 0 Å². The van der Waals surface area contributed by atoms with Crippen LogP contribution in [0.2, 0.25) is 10.0 Å². The average molecular weight is 452 g/mol. The molecule has 0 unspecified atom stereocenters. The number of hydrogen-bond donors (Lipinski definition) is 1. The molecule has 3 aromatic rings. The molecule has 1 aromatic heterocycles. The minimum Gasteiger partial charge on any atom is -0.490 e. The Morgan fingerprint density at radius 3 is 2.63 bits per heavy atom. The number of aromatic nitrogens is 4. The Hall–Kier alpha value is -2.84. The van der Waals surface area contributed by atoms with E-state index in [0.717, 1.165) is 5.56 Å². The van der Waals surface area contributed by atoms with Crippen LogP contribution in [0.4, 0.5) is 10.3 Å². The summed E-state index contributed by atoms with van der Waals surface area (Å²) < 4.78 is 26.4. The maximum Gasteiger partial charge on any atom is 0.243 e. The van der Waals surface area contributed by atoms with Gasteiger partial charge in [-0.3, -0.25) is 0 Å². The molecule has 1 N–H and O–H groups in total. The number of ether oxygens (including phenoxy) is 2. The van der Waals surface area contributed by atoms with Gasteiger partial charge >= 0.3 is 0 Å². The SMILES string of the molecule is C=CCn1nnnc1NCc1cc(OCC)c(OCc2ccc(F)cc2Cl)cc1Cl. The van der Waals surface area contributed by atoms with Crippen molar-refractivity contribution in [3.05, 3.63) is 70.0 Å². The minimum atomic E-state index is -0.405. The lowest BCUT2D eigenvalue weighted by Crippen LogP contribution is -2.09. The second kappa shape index (κ2) is 10.3. The molecular formula is C20H20Cl2FN5O2. The second-order valence-electron chi connectivity index (χ2n) is 6.17. The third kappa shape index (κ3) is 5.40. The van der Waals surface area contributed by atoms with E-state index in [9.17, 15) is 4.39 Å². The number of halogens is 3. The number of hydrogen-bond acceptors (Lipinski definition) is 6. The fourth-order valence-electron chi connectivity index (χ4n) is 2.64. The van der Waals surface area contributed by atoms with Gasteiger partial charge in [-0.2, -0.15) is 0 Å². The molecule has 7 nitrogen and oxygen atoms in total. The summed E-state index contributed by atoms with van der Waals surface area (Å²) in [5, 5.41) is 15.4. The van der Waals surface area contributed by atoms with Crippen molar-refractivity contribution < 1.29 is 13.9 Å². The summed E-state index contributed by atoms with van der Waals surface area (Å²) in [5.74, 6) is 1.08. The van der Waals surface area contributed by atoms with Crippen LogP contribution in [0.15, 0.2) is 43.0 Å². The zero-order valence-corrected chi connectivity index (χ0v) is 17.8. The first-order valence-corrected chi connectivity index (χ1v) is 9.90. The summed E-state index contributed by atoms with van der Waals surface area (Å²) in [6.07, 6.45) is 1.70. The van der Waals surface area contributed by atoms with Gasteiger partial charge in [0.2, 0.25) is 5.95 Å². The second-order valence-corrected chi connectivity index (χ2v) is 6.99. The molecule has 0 saturated heterocycles. The van der Waals surface area contributed by atoms with E-state index in [1.807, 2.05) is 6.92 Å². The predicted octanol–water partition coefficient (Wildman–Crippen LogP) is 4.89. The van der Waals surface area contributed by atoms with Crippen LogP contribution >= 0.6 is 23.2 Å². The van der Waals surface area contributed by atoms with Crippen molar-refractivity contribution in [1.82, 2.24) is 20.2 Å². The van der Waals surface area contributed by atoms with Crippen molar-refractivity contribution in [2.75, 3.05) is 11.9 Å². The predicted molar refractivity (Wildman–Crippen MR) is 114 cm³/mol. The molecule has 1 heterocycles. The Labute approximate surface area is 183 Å². The summed E-state index contributed by atoms with van der Waals surface area (Å²) in [5.41, 5.74) is 1.43. The number of nitrogens with zero attached hydrogens (tertiary/aromatic N) is 4. The van der Waals surface area contributed by atoms with Crippen LogP contribution in [0.3, 0.4) is 0 Å². The molecule has 0 aliphatic rings. The van der Waals surface area contributed by atoms with Crippen LogP contribution < -0.4 is 14.8 Å². The molecule has 3 rings (SSSR count). The molecule has 30 heavy (non-hydrogen) atoms. The molecule has 0 radical (unpaired) electrons. The lowest BCUT2D eigenvalue weighted by Gasteiger charge is -2.16. The first-order valence-electron chi connectivity index (χ1n) is 9.14. The Morgan fingerprint density at radius 2 is 1.90 bits per heavy atom. The van der Waals surface area contributed by atoms with Crippen LogP contribution in [0.5, 0.6) is 11.5 Å². The highest BCUT2D eigenvalue weighted by Gasteiger charge is 2.14. The number of rotatable bonds is 10. The molecule has 2 aromatic carbocycles. The first kappa shape index (κ1) is 21.9. The lowest BCUT2D eigenvalue weighted by atomic mass is 10.2. The molecule has 0 atom stereocenters. The van der Waals surface area contributed by atoms with Gasteiger partial charge in [0.05, 0.1) is 18.2 Å². The standard InChI is InChI=1S/C20H20Cl2FN5O2/c1-3-7-28-20(25-26-27-28)24-11-14-8-18(29-4-2)19(10-17(14)22)30-12-13-5-6-15(23)9-16(13)21/h3,5-6,8-10H,1,4,7,11-12H2,2H3,(H,24,25,27). The van der Waals surface area contributed by atoms with Crippen LogP contribution in [-0.4, -0.2) is 26.8 Å². The molecule has 0 fully saturated rings. The van der Waals surface area contributed by atoms with Crippen molar-refractivity contribution >= 4 is 29.2 Å². The summed E-state index contributed by atoms with van der Waals surface area (Å²) >= 11 is 12.5. The van der Waals surface area contributed by atoms with E-state index >= 15 is 0 Å². The molecule has 0 aliphatic carbocycles. The molecular weight excluding hydrogens is 432 g/mol. The zero-order valence-electron chi connectivity index (χ0n) is 16.2. The van der Waals surface area contributed by atoms with Gasteiger partial charge < -0.3 is 14.8 Å². The van der Waals surface area contributed by atoms with Crippen LogP contribution in [0, 0.1) is 5.82 Å². The number of tetrazole rings is 1. The number of allylic oxidation sites excluding steroid dienone is 1. The van der Waals surface area contributed by atoms with Crippen LogP contribution in [0.1, 0.15) is 18.1 Å². The molecule has 158 valence electrons. The summed E-state index contributed by atoms with van der Waals surface area (Å²) in [4.78, 5) is 0. The van der Waals surface area contributed by atoms with Crippen LogP contribution in [0.25, 0.3) is 0 Å². The molecule has 0 amide bonds. The fourth-order valence-corrected chi connectivity index (χ4v) is 3.08. The monoisotopic (exact) mass is 451 g/mol. The molecule has 0 aliphatic heterocycles. The van der Waals surface area contributed by atoms with Gasteiger partial charge in [0.15, 0.2) is 11.5 Å². The van der Waals surface area contributed by atoms with Crippen molar-refractivity contribution in [2.45, 2.75) is 26.6 Å². The van der Waals surface area contributed by atoms with Gasteiger partial charge in [-0.25, -0.2) is 9.07 Å². The third-order valence-electron chi connectivity index (χ3n) is 4.08. The Balaban J connectivity index is 1.75. The maximum atomic E-state index is 13.2. The van der Waals surface area contributed by atoms with E-state index < -0.39 is 5.82 Å². The minimum absolute atomic E-state index is 0.142. The fraction of sp³-hybridized carbons (Fsp3) is 0.250. The lowest BCUT2D eigenvalue weighted by molar-refractivity contribution is 0.269. The van der Waals surface area contributed by atoms with Gasteiger partial charge in [-0.05, 0) is 41.1 Å². The van der Waals surface area contributed by atoms with E-state index in [4.69, 9.17) is 32.7 Å². The van der Waals surface area contributed by atoms with Crippen LogP contribution in [-0.2, 0) is 19.7 Å². The largest absolute Gasteiger partial charge is 0.490 e. The Kier molecular flexibility index (Phi) is 7.48. The van der Waals surface area contributed by atoms with Gasteiger partial charge in [-0.15, -0.1) is 6.58 Å². The quantitative estimate of drug-likeness (QED) is 0.442. The van der Waals surface area contributed by atoms with E-state index in [2.05, 4.69) is 27.4 Å². The summed E-state index contributed by atoms with van der Waals surface area (Å²) in [7, 11) is 0. The van der Waals surface area contributed by atoms with Gasteiger partial charge in [-0.1, -0.05) is 40.4 Å². The normalized spacial score (nSPS) is 10.7. The third-order valence-corrected chi connectivity index (χ3v) is 4.79. The van der Waals surface area contributed by atoms with Crippen molar-refractivity contribution in [2.24, 2.45) is 0 Å². The highest BCUT2D eigenvalue weighted by Crippen LogP contribution is 2.35. The molecule has 0 saturated carbocycles. The van der Waals surface area contributed by atoms with Gasteiger partial charge in [0, 0.05) is 23.2 Å². The maximum absolute atomic E-state index is 13.2. The Morgan fingerprint density at radius 1 is 1.13 bits per heavy atom. The zero-order chi connectivity index (χ0) is 21.5. The van der Waals surface area contributed by atoms with Gasteiger partial charge in [0.1, 0.15) is 12.4 Å². The highest BCUT2D eigenvalue weighted by atomic mass is 35.5. The summed E-state index contributed by atoms with van der Waals surface area (Å²) in [6, 6.07) is 7.61. The molecule has 10 heteroatoms.